The van der Waals surface area contributed by atoms with Gasteiger partial charge in [0.15, 0.2) is 11.5 Å². The fourth-order valence-electron chi connectivity index (χ4n) is 5.49. The molecule has 0 unspecified atom stereocenters. The van der Waals surface area contributed by atoms with Gasteiger partial charge in [-0.1, -0.05) is 17.7 Å². The van der Waals surface area contributed by atoms with E-state index in [0.29, 0.717) is 51.7 Å². The van der Waals surface area contributed by atoms with E-state index in [0.717, 1.165) is 44.8 Å². The van der Waals surface area contributed by atoms with Crippen molar-refractivity contribution in [1.82, 2.24) is 14.9 Å². The summed E-state index contributed by atoms with van der Waals surface area (Å²) in [5.41, 5.74) is 2.21. The van der Waals surface area contributed by atoms with E-state index in [4.69, 9.17) is 30.5 Å². The molecule has 3 aromatic carbocycles. The van der Waals surface area contributed by atoms with Gasteiger partial charge in [-0.25, -0.2) is 19.2 Å². The highest BCUT2D eigenvalue weighted by atomic mass is 35.5. The lowest BCUT2D eigenvalue weighted by Crippen LogP contribution is -2.44. The molecule has 2 fully saturated rings. The van der Waals surface area contributed by atoms with E-state index in [1.807, 2.05) is 6.07 Å². The van der Waals surface area contributed by atoms with E-state index in [1.165, 1.54) is 18.8 Å². The SMILES string of the molecule is COc1cc2c(Oc3ccc(NC(=O)Nc4cc(C)ccc4F)c(Cl)c3)ncnc2cc1OCCCN1CCC2(COC2)C1. The number of fused-ring (bicyclic) bond motifs is 1. The van der Waals surface area contributed by atoms with Crippen LogP contribution in [0.15, 0.2) is 54.9 Å². The molecule has 0 radical (unpaired) electrons. The number of carbonyl (C=O) groups is 1. The van der Waals surface area contributed by atoms with Gasteiger partial charge in [-0.3, -0.25) is 0 Å². The van der Waals surface area contributed by atoms with Gasteiger partial charge in [0.25, 0.3) is 0 Å². The number of benzene rings is 3. The van der Waals surface area contributed by atoms with Crippen LogP contribution in [0, 0.1) is 18.2 Å². The number of nitrogens with one attached hydrogen (secondary N) is 2. The number of hydrogen-bond donors (Lipinski definition) is 2. The Labute approximate surface area is 259 Å². The Bertz CT molecular complexity index is 1680. The molecule has 2 saturated heterocycles. The maximum Gasteiger partial charge on any atom is 0.323 e. The Kier molecular flexibility index (Phi) is 8.69. The van der Waals surface area contributed by atoms with Gasteiger partial charge in [0.05, 0.1) is 54.2 Å². The van der Waals surface area contributed by atoms with Crippen LogP contribution in [0.2, 0.25) is 5.02 Å². The number of urea groups is 1. The predicted molar refractivity (Wildman–Crippen MR) is 166 cm³/mol. The number of hydrogen-bond acceptors (Lipinski definition) is 8. The summed E-state index contributed by atoms with van der Waals surface area (Å²) in [5.74, 6) is 1.28. The van der Waals surface area contributed by atoms with Gasteiger partial charge in [0, 0.05) is 30.6 Å². The van der Waals surface area contributed by atoms with Crippen LogP contribution < -0.4 is 24.8 Å². The zero-order valence-corrected chi connectivity index (χ0v) is 25.2. The Morgan fingerprint density at radius 2 is 1.93 bits per heavy atom. The highest BCUT2D eigenvalue weighted by molar-refractivity contribution is 6.34. The summed E-state index contributed by atoms with van der Waals surface area (Å²) in [7, 11) is 1.58. The van der Waals surface area contributed by atoms with Crippen molar-refractivity contribution in [1.29, 1.82) is 0 Å². The van der Waals surface area contributed by atoms with Gasteiger partial charge in [-0.15, -0.1) is 0 Å². The van der Waals surface area contributed by atoms with Crippen molar-refractivity contribution in [3.63, 3.8) is 0 Å². The molecule has 2 aliphatic heterocycles. The number of methoxy groups -OCH3 is 1. The first-order valence-electron chi connectivity index (χ1n) is 14.4. The van der Waals surface area contributed by atoms with Crippen LogP contribution >= 0.6 is 11.6 Å². The van der Waals surface area contributed by atoms with Crippen molar-refractivity contribution >= 4 is 39.9 Å². The quantitative estimate of drug-likeness (QED) is 0.189. The first kappa shape index (κ1) is 29.9. The molecule has 1 aromatic heterocycles. The van der Waals surface area contributed by atoms with Crippen molar-refractivity contribution < 1.29 is 28.1 Å². The normalized spacial score (nSPS) is 15.6. The van der Waals surface area contributed by atoms with Gasteiger partial charge < -0.3 is 34.5 Å². The predicted octanol–water partition coefficient (Wildman–Crippen LogP) is 6.67. The maximum absolute atomic E-state index is 14.0. The summed E-state index contributed by atoms with van der Waals surface area (Å²) in [6.07, 6.45) is 3.51. The van der Waals surface area contributed by atoms with E-state index in [-0.39, 0.29) is 10.7 Å². The molecule has 2 N–H and O–H groups in total. The van der Waals surface area contributed by atoms with Gasteiger partial charge >= 0.3 is 6.03 Å². The van der Waals surface area contributed by atoms with Crippen LogP contribution in [0.1, 0.15) is 18.4 Å². The molecular weight excluding hydrogens is 589 g/mol. The molecule has 0 aliphatic carbocycles. The first-order valence-corrected chi connectivity index (χ1v) is 14.8. The molecular formula is C32H33ClFN5O5. The van der Waals surface area contributed by atoms with Crippen molar-refractivity contribution in [2.24, 2.45) is 5.41 Å². The Morgan fingerprint density at radius 3 is 2.68 bits per heavy atom. The summed E-state index contributed by atoms with van der Waals surface area (Å²) in [4.78, 5) is 23.7. The number of aromatic nitrogens is 2. The van der Waals surface area contributed by atoms with Crippen LogP contribution in [0.25, 0.3) is 10.9 Å². The summed E-state index contributed by atoms with van der Waals surface area (Å²) >= 11 is 6.44. The van der Waals surface area contributed by atoms with Gasteiger partial charge in [-0.05, 0) is 62.2 Å². The summed E-state index contributed by atoms with van der Waals surface area (Å²) in [6.45, 7) is 7.30. The van der Waals surface area contributed by atoms with Crippen LogP contribution in [0.5, 0.6) is 23.1 Å². The van der Waals surface area contributed by atoms with Gasteiger partial charge in [0.1, 0.15) is 17.9 Å². The topological polar surface area (TPSA) is 107 Å². The van der Waals surface area contributed by atoms with E-state index in [2.05, 4.69) is 25.5 Å². The number of halogens is 2. The highest BCUT2D eigenvalue weighted by Crippen LogP contribution is 2.39. The molecule has 0 bridgehead atoms. The summed E-state index contributed by atoms with van der Waals surface area (Å²) in [5, 5.41) is 5.96. The third-order valence-electron chi connectivity index (χ3n) is 7.87. The van der Waals surface area contributed by atoms with Crippen molar-refractivity contribution in [3.8, 4) is 23.1 Å². The average molecular weight is 622 g/mol. The number of anilines is 2. The number of aryl methyl sites for hydroxylation is 1. The third-order valence-corrected chi connectivity index (χ3v) is 8.18. The summed E-state index contributed by atoms with van der Waals surface area (Å²) < 4.78 is 37.2. The van der Waals surface area contributed by atoms with E-state index in [9.17, 15) is 9.18 Å². The minimum Gasteiger partial charge on any atom is -0.493 e. The molecule has 2 amide bonds. The standard InChI is InChI=1S/C32H33ClFN5O5/c1-20-4-6-24(34)27(12-20)38-31(40)37-25-7-5-21(13-23(25)33)44-30-22-14-28(41-2)29(15-26(22)35-19-36-30)43-11-3-9-39-10-8-32(16-39)17-42-18-32/h4-7,12-15,19H,3,8-11,16-18H2,1-2H3,(H2,37,38,40). The second-order valence-electron chi connectivity index (χ2n) is 11.2. The number of amides is 2. The lowest BCUT2D eigenvalue weighted by atomic mass is 9.85. The molecule has 6 rings (SSSR count). The van der Waals surface area contributed by atoms with Crippen LogP contribution in [0.4, 0.5) is 20.6 Å². The summed E-state index contributed by atoms with van der Waals surface area (Å²) in [6, 6.07) is 12.2. The Morgan fingerprint density at radius 1 is 1.09 bits per heavy atom. The van der Waals surface area contributed by atoms with Crippen LogP contribution in [-0.4, -0.2) is 67.5 Å². The van der Waals surface area contributed by atoms with Crippen LogP contribution in [-0.2, 0) is 4.74 Å². The number of carbonyl (C=O) groups excluding carboxylic acids is 1. The van der Waals surface area contributed by atoms with Crippen molar-refractivity contribution in [2.75, 3.05) is 57.2 Å². The highest BCUT2D eigenvalue weighted by Gasteiger charge is 2.43. The fourth-order valence-corrected chi connectivity index (χ4v) is 5.71. The van der Waals surface area contributed by atoms with Crippen LogP contribution in [0.3, 0.4) is 0 Å². The molecule has 10 nitrogen and oxygen atoms in total. The molecule has 2 aliphatic rings. The van der Waals surface area contributed by atoms with Crippen molar-refractivity contribution in [2.45, 2.75) is 19.8 Å². The number of likely N-dealkylation sites (tertiary alicyclic amines) is 1. The number of nitrogens with zero attached hydrogens (tertiary/aromatic N) is 3. The molecule has 1 spiro atoms. The Balaban J connectivity index is 1.09. The van der Waals surface area contributed by atoms with Crippen molar-refractivity contribution in [3.05, 3.63) is 71.3 Å². The molecule has 230 valence electrons. The Hall–Kier alpha value is -4.19. The number of rotatable bonds is 10. The van der Waals surface area contributed by atoms with Gasteiger partial charge in [-0.2, -0.15) is 0 Å². The minimum atomic E-state index is -0.634. The number of ether oxygens (including phenoxy) is 4. The zero-order valence-electron chi connectivity index (χ0n) is 24.5. The molecule has 0 saturated carbocycles. The van der Waals surface area contributed by atoms with Gasteiger partial charge in [0.2, 0.25) is 5.88 Å². The fraction of sp³-hybridized carbons (Fsp3) is 0.344. The molecule has 44 heavy (non-hydrogen) atoms. The monoisotopic (exact) mass is 621 g/mol. The third kappa shape index (κ3) is 6.64. The second kappa shape index (κ2) is 12.8. The van der Waals surface area contributed by atoms with E-state index >= 15 is 0 Å². The van der Waals surface area contributed by atoms with E-state index < -0.39 is 11.8 Å². The lowest BCUT2D eigenvalue weighted by Gasteiger charge is -2.37. The largest absolute Gasteiger partial charge is 0.493 e. The minimum absolute atomic E-state index is 0.0675. The second-order valence-corrected chi connectivity index (χ2v) is 11.6. The molecule has 4 aromatic rings. The molecule has 12 heteroatoms. The average Bonchev–Trinajstić information content (AvgIpc) is 3.44. The molecule has 0 atom stereocenters. The maximum atomic E-state index is 14.0. The smallest absolute Gasteiger partial charge is 0.323 e. The lowest BCUT2D eigenvalue weighted by molar-refractivity contribution is -0.105. The molecule has 3 heterocycles. The zero-order chi connectivity index (χ0) is 30.7. The first-order chi connectivity index (χ1) is 21.3. The van der Waals surface area contributed by atoms with E-state index in [1.54, 1.807) is 50.4 Å².